The van der Waals surface area contributed by atoms with Crippen molar-refractivity contribution in [3.05, 3.63) is 48.0 Å². The minimum atomic E-state index is -1.32. The molecule has 0 aromatic heterocycles. The summed E-state index contributed by atoms with van der Waals surface area (Å²) in [4.78, 5) is 52.4. The third-order valence-corrected chi connectivity index (χ3v) is 4.88. The predicted molar refractivity (Wildman–Crippen MR) is 131 cm³/mol. The Balaban J connectivity index is 3.41. The van der Waals surface area contributed by atoms with Crippen LogP contribution in [0.1, 0.15) is 64.1 Å². The standard InChI is InChI=1S/C25H38N4O5/c1-7-9-14-27-22(31)21(18-13-11-10-12-17(18)3)29(15-8-2)23(32)19(16-20(26)30)28-24(33)34-25(4,5)6/h8,10-13,19,21H,2,7,9,14-16H2,1,3-6H3,(H2,26,30)(H,27,31)(H,28,33). The number of unbranched alkanes of at least 4 members (excludes halogenated alkanes) is 1. The molecule has 9 heteroatoms. The molecule has 0 aliphatic carbocycles. The Bertz CT molecular complexity index is 878. The zero-order valence-corrected chi connectivity index (χ0v) is 20.8. The fraction of sp³-hybridized carbons (Fsp3) is 0.520. The molecule has 0 aliphatic heterocycles. The van der Waals surface area contributed by atoms with Crippen LogP contribution in [-0.2, 0) is 19.1 Å². The summed E-state index contributed by atoms with van der Waals surface area (Å²) in [5.41, 5.74) is 5.99. The Morgan fingerprint density at radius 3 is 2.38 bits per heavy atom. The van der Waals surface area contributed by atoms with Gasteiger partial charge in [-0.2, -0.15) is 0 Å². The van der Waals surface area contributed by atoms with Crippen molar-refractivity contribution in [1.29, 1.82) is 0 Å². The van der Waals surface area contributed by atoms with E-state index in [1.54, 1.807) is 32.9 Å². The highest BCUT2D eigenvalue weighted by Crippen LogP contribution is 2.26. The van der Waals surface area contributed by atoms with Gasteiger partial charge in [0.25, 0.3) is 0 Å². The number of nitrogens with zero attached hydrogens (tertiary/aromatic N) is 1. The van der Waals surface area contributed by atoms with Crippen LogP contribution < -0.4 is 16.4 Å². The fourth-order valence-electron chi connectivity index (χ4n) is 3.34. The maximum Gasteiger partial charge on any atom is 0.408 e. The van der Waals surface area contributed by atoms with Crippen molar-refractivity contribution in [3.8, 4) is 0 Å². The van der Waals surface area contributed by atoms with E-state index >= 15 is 0 Å². The number of ether oxygens (including phenoxy) is 1. The van der Waals surface area contributed by atoms with Crippen molar-refractivity contribution in [2.75, 3.05) is 13.1 Å². The van der Waals surface area contributed by atoms with Gasteiger partial charge < -0.3 is 26.0 Å². The first-order valence-electron chi connectivity index (χ1n) is 11.4. The van der Waals surface area contributed by atoms with Gasteiger partial charge in [0.2, 0.25) is 17.7 Å². The molecule has 2 unspecified atom stereocenters. The summed E-state index contributed by atoms with van der Waals surface area (Å²) >= 11 is 0. The van der Waals surface area contributed by atoms with Crippen LogP contribution in [0.5, 0.6) is 0 Å². The van der Waals surface area contributed by atoms with Gasteiger partial charge in [0, 0.05) is 13.1 Å². The molecule has 188 valence electrons. The second-order valence-corrected chi connectivity index (χ2v) is 9.05. The van der Waals surface area contributed by atoms with Gasteiger partial charge in [-0.05, 0) is 45.2 Å². The lowest BCUT2D eigenvalue weighted by Crippen LogP contribution is -2.54. The monoisotopic (exact) mass is 474 g/mol. The van der Waals surface area contributed by atoms with Gasteiger partial charge in [-0.1, -0.05) is 43.7 Å². The zero-order valence-electron chi connectivity index (χ0n) is 20.8. The third kappa shape index (κ3) is 9.25. The largest absolute Gasteiger partial charge is 0.444 e. The predicted octanol–water partition coefficient (Wildman–Crippen LogP) is 2.74. The summed E-state index contributed by atoms with van der Waals surface area (Å²) in [6.07, 6.45) is 1.84. The SMILES string of the molecule is C=CCN(C(=O)C(CC(N)=O)NC(=O)OC(C)(C)C)C(C(=O)NCCCC)c1ccccc1C. The Morgan fingerprint density at radius 2 is 1.85 bits per heavy atom. The molecule has 9 nitrogen and oxygen atoms in total. The summed E-state index contributed by atoms with van der Waals surface area (Å²) in [7, 11) is 0. The highest BCUT2D eigenvalue weighted by atomic mass is 16.6. The first-order chi connectivity index (χ1) is 15.9. The molecule has 0 fully saturated rings. The molecule has 4 amide bonds. The van der Waals surface area contributed by atoms with Crippen LogP contribution >= 0.6 is 0 Å². The molecule has 0 saturated heterocycles. The molecule has 0 spiro atoms. The maximum atomic E-state index is 13.7. The zero-order chi connectivity index (χ0) is 25.9. The molecule has 4 N–H and O–H groups in total. The minimum absolute atomic E-state index is 0.00426. The summed E-state index contributed by atoms with van der Waals surface area (Å²) in [6.45, 7) is 13.1. The Morgan fingerprint density at radius 1 is 1.21 bits per heavy atom. The average Bonchev–Trinajstić information content (AvgIpc) is 2.72. The van der Waals surface area contributed by atoms with Crippen molar-refractivity contribution >= 4 is 23.8 Å². The molecule has 34 heavy (non-hydrogen) atoms. The molecule has 0 radical (unpaired) electrons. The van der Waals surface area contributed by atoms with E-state index in [4.69, 9.17) is 10.5 Å². The normalized spacial score (nSPS) is 12.7. The van der Waals surface area contributed by atoms with Crippen LogP contribution in [0.3, 0.4) is 0 Å². The van der Waals surface area contributed by atoms with Gasteiger partial charge in [-0.3, -0.25) is 14.4 Å². The Labute approximate surface area is 202 Å². The van der Waals surface area contributed by atoms with Crippen LogP contribution in [0, 0.1) is 6.92 Å². The van der Waals surface area contributed by atoms with E-state index < -0.39 is 42.0 Å². The summed E-state index contributed by atoms with van der Waals surface area (Å²) in [5, 5.41) is 5.32. The van der Waals surface area contributed by atoms with E-state index in [-0.39, 0.29) is 12.5 Å². The van der Waals surface area contributed by atoms with Gasteiger partial charge in [-0.15, -0.1) is 6.58 Å². The molecule has 0 saturated carbocycles. The molecule has 2 atom stereocenters. The molecule has 0 bridgehead atoms. The first-order valence-corrected chi connectivity index (χ1v) is 11.4. The summed E-state index contributed by atoms with van der Waals surface area (Å²) in [5.74, 6) is -1.80. The molecular formula is C25H38N4O5. The van der Waals surface area contributed by atoms with Crippen molar-refractivity contribution in [3.63, 3.8) is 0 Å². The number of rotatable bonds is 12. The second-order valence-electron chi connectivity index (χ2n) is 9.05. The summed E-state index contributed by atoms with van der Waals surface area (Å²) in [6, 6.07) is 4.92. The van der Waals surface area contributed by atoms with Gasteiger partial charge in [0.1, 0.15) is 17.7 Å². The third-order valence-electron chi connectivity index (χ3n) is 4.88. The smallest absolute Gasteiger partial charge is 0.408 e. The van der Waals surface area contributed by atoms with E-state index in [0.717, 1.165) is 18.4 Å². The van der Waals surface area contributed by atoms with E-state index in [2.05, 4.69) is 17.2 Å². The molecule has 1 rings (SSSR count). The van der Waals surface area contributed by atoms with E-state index in [0.29, 0.717) is 12.1 Å². The number of aryl methyl sites for hydroxylation is 1. The Kier molecular flexibility index (Phi) is 11.3. The van der Waals surface area contributed by atoms with Crippen LogP contribution in [0.2, 0.25) is 0 Å². The number of amides is 4. The highest BCUT2D eigenvalue weighted by molar-refractivity contribution is 5.94. The number of carbonyl (C=O) groups excluding carboxylic acids is 4. The van der Waals surface area contributed by atoms with Crippen molar-refractivity contribution in [2.24, 2.45) is 5.73 Å². The van der Waals surface area contributed by atoms with E-state index in [9.17, 15) is 19.2 Å². The van der Waals surface area contributed by atoms with E-state index in [1.807, 2.05) is 26.0 Å². The quantitative estimate of drug-likeness (QED) is 0.317. The second kappa shape index (κ2) is 13.4. The van der Waals surface area contributed by atoms with Gasteiger partial charge >= 0.3 is 6.09 Å². The number of benzene rings is 1. The highest BCUT2D eigenvalue weighted by Gasteiger charge is 2.36. The number of carbonyl (C=O) groups is 4. The minimum Gasteiger partial charge on any atom is -0.444 e. The van der Waals surface area contributed by atoms with Crippen LogP contribution in [0.15, 0.2) is 36.9 Å². The number of hydrogen-bond acceptors (Lipinski definition) is 5. The number of primary amides is 1. The molecule has 1 aromatic rings. The van der Waals surface area contributed by atoms with Crippen LogP contribution in [0.25, 0.3) is 0 Å². The van der Waals surface area contributed by atoms with E-state index in [1.165, 1.54) is 11.0 Å². The molecule has 0 aliphatic rings. The number of alkyl carbamates (subject to hydrolysis) is 1. The fourth-order valence-corrected chi connectivity index (χ4v) is 3.34. The van der Waals surface area contributed by atoms with Crippen LogP contribution in [0.4, 0.5) is 4.79 Å². The molecule has 0 heterocycles. The first kappa shape index (κ1) is 28.7. The molecule has 1 aromatic carbocycles. The number of nitrogens with one attached hydrogen (secondary N) is 2. The van der Waals surface area contributed by atoms with Gasteiger partial charge in [-0.25, -0.2) is 4.79 Å². The topological polar surface area (TPSA) is 131 Å². The van der Waals surface area contributed by atoms with Gasteiger partial charge in [0.15, 0.2) is 0 Å². The maximum absolute atomic E-state index is 13.7. The molecular weight excluding hydrogens is 436 g/mol. The van der Waals surface area contributed by atoms with Crippen LogP contribution in [-0.4, -0.2) is 53.4 Å². The lowest BCUT2D eigenvalue weighted by molar-refractivity contribution is -0.142. The van der Waals surface area contributed by atoms with Crippen molar-refractivity contribution in [2.45, 2.75) is 71.6 Å². The van der Waals surface area contributed by atoms with Crippen molar-refractivity contribution in [1.82, 2.24) is 15.5 Å². The summed E-state index contributed by atoms with van der Waals surface area (Å²) < 4.78 is 5.24. The lowest BCUT2D eigenvalue weighted by Gasteiger charge is -2.34. The Hall–Kier alpha value is -3.36. The number of hydrogen-bond donors (Lipinski definition) is 3. The number of nitrogens with two attached hydrogens (primary N) is 1. The van der Waals surface area contributed by atoms with Crippen molar-refractivity contribution < 1.29 is 23.9 Å². The average molecular weight is 475 g/mol. The lowest BCUT2D eigenvalue weighted by atomic mass is 9.97. The van der Waals surface area contributed by atoms with Gasteiger partial charge in [0.05, 0.1) is 6.42 Å².